The number of hydrogen-bond donors (Lipinski definition) is 1. The Hall–Kier alpha value is -0.950. The lowest BCUT2D eigenvalue weighted by atomic mass is 10.3. The summed E-state index contributed by atoms with van der Waals surface area (Å²) in [6.07, 6.45) is 1.77. The number of rotatable bonds is 8. The largest absolute Gasteiger partial charge is 0.490 e. The number of thioether (sulfide) groups is 1. The van der Waals surface area contributed by atoms with Gasteiger partial charge in [0, 0.05) is 12.3 Å². The lowest BCUT2D eigenvalue weighted by molar-refractivity contribution is 0.344. The topological polar surface area (TPSA) is 47.0 Å². The van der Waals surface area contributed by atoms with E-state index in [0.717, 1.165) is 15.2 Å². The first-order valence-electron chi connectivity index (χ1n) is 6.08. The van der Waals surface area contributed by atoms with Crippen LogP contribution in [0.5, 0.6) is 5.75 Å². The van der Waals surface area contributed by atoms with Crippen LogP contribution >= 0.6 is 46.3 Å². The smallest absolute Gasteiger partial charge is 0.206 e. The number of hydrogen-bond acceptors (Lipinski definition) is 6. The van der Waals surface area contributed by atoms with E-state index in [-0.39, 0.29) is 0 Å². The predicted octanol–water partition coefficient (Wildman–Crippen LogP) is 4.61. The Kier molecular flexibility index (Phi) is 6.63. The quantitative estimate of drug-likeness (QED) is 0.422. The maximum absolute atomic E-state index is 6.02. The number of nitrogens with one attached hydrogen (secondary N) is 1. The number of anilines is 1. The van der Waals surface area contributed by atoms with Crippen molar-refractivity contribution in [3.63, 3.8) is 0 Å². The molecule has 0 aliphatic rings. The summed E-state index contributed by atoms with van der Waals surface area (Å²) in [5.41, 5.74) is 0. The van der Waals surface area contributed by atoms with Gasteiger partial charge in [0.25, 0.3) is 0 Å². The van der Waals surface area contributed by atoms with Gasteiger partial charge in [-0.25, -0.2) is 0 Å². The van der Waals surface area contributed by atoms with E-state index in [1.807, 2.05) is 0 Å². The molecule has 0 bridgehead atoms. The standard InChI is InChI=1S/C13H13Cl2N3OS2/c1-2-6-16-12-17-18-13(21-12)20-8-7-19-11-9(14)4-3-5-10(11)15/h2-5H,1,6-8H2,(H,16,17). The molecule has 0 radical (unpaired) electrons. The van der Waals surface area contributed by atoms with Crippen LogP contribution in [0.15, 0.2) is 35.2 Å². The van der Waals surface area contributed by atoms with Crippen molar-refractivity contribution in [2.45, 2.75) is 4.34 Å². The Bertz CT molecular complexity index is 587. The first-order valence-corrected chi connectivity index (χ1v) is 8.64. The van der Waals surface area contributed by atoms with Crippen molar-refractivity contribution in [2.24, 2.45) is 0 Å². The van der Waals surface area contributed by atoms with Gasteiger partial charge in [-0.15, -0.1) is 16.8 Å². The first-order chi connectivity index (χ1) is 10.2. The molecule has 0 unspecified atom stereocenters. The maximum Gasteiger partial charge on any atom is 0.206 e. The number of aromatic nitrogens is 2. The molecule has 1 N–H and O–H groups in total. The van der Waals surface area contributed by atoms with E-state index in [0.29, 0.717) is 28.9 Å². The molecule has 112 valence electrons. The molecule has 0 saturated heterocycles. The molecule has 8 heteroatoms. The fourth-order valence-electron chi connectivity index (χ4n) is 1.39. The van der Waals surface area contributed by atoms with Gasteiger partial charge in [-0.2, -0.15) is 0 Å². The lowest BCUT2D eigenvalue weighted by Gasteiger charge is -2.08. The van der Waals surface area contributed by atoms with Crippen LogP contribution in [0.3, 0.4) is 0 Å². The Balaban J connectivity index is 1.77. The summed E-state index contributed by atoms with van der Waals surface area (Å²) in [4.78, 5) is 0. The van der Waals surface area contributed by atoms with Crippen LogP contribution in [0.25, 0.3) is 0 Å². The molecule has 0 amide bonds. The van der Waals surface area contributed by atoms with Crippen LogP contribution in [0.1, 0.15) is 0 Å². The van der Waals surface area contributed by atoms with Crippen molar-refractivity contribution in [1.29, 1.82) is 0 Å². The molecule has 21 heavy (non-hydrogen) atoms. The number of halogens is 2. The molecule has 0 saturated carbocycles. The summed E-state index contributed by atoms with van der Waals surface area (Å²) in [6.45, 7) is 4.80. The van der Waals surface area contributed by atoms with Crippen LogP contribution in [0.4, 0.5) is 5.13 Å². The van der Waals surface area contributed by atoms with E-state index < -0.39 is 0 Å². The van der Waals surface area contributed by atoms with Gasteiger partial charge in [-0.05, 0) is 12.1 Å². The fourth-order valence-corrected chi connectivity index (χ4v) is 3.55. The zero-order valence-corrected chi connectivity index (χ0v) is 14.2. The minimum absolute atomic E-state index is 0.489. The Morgan fingerprint density at radius 1 is 1.33 bits per heavy atom. The second-order valence-electron chi connectivity index (χ2n) is 3.79. The van der Waals surface area contributed by atoms with Crippen molar-refractivity contribution in [2.75, 3.05) is 24.2 Å². The summed E-state index contributed by atoms with van der Waals surface area (Å²) in [5.74, 6) is 1.25. The van der Waals surface area contributed by atoms with Gasteiger partial charge in [0.05, 0.1) is 16.7 Å². The van der Waals surface area contributed by atoms with Crippen molar-refractivity contribution in [3.05, 3.63) is 40.9 Å². The highest BCUT2D eigenvalue weighted by molar-refractivity contribution is 8.01. The van der Waals surface area contributed by atoms with Crippen LogP contribution in [0, 0.1) is 0 Å². The van der Waals surface area contributed by atoms with E-state index in [4.69, 9.17) is 27.9 Å². The van der Waals surface area contributed by atoms with Crippen LogP contribution in [-0.4, -0.2) is 29.1 Å². The third-order valence-electron chi connectivity index (χ3n) is 2.28. The highest BCUT2D eigenvalue weighted by Crippen LogP contribution is 2.32. The normalized spacial score (nSPS) is 10.4. The zero-order valence-electron chi connectivity index (χ0n) is 11.0. The summed E-state index contributed by atoms with van der Waals surface area (Å²) in [6, 6.07) is 5.28. The Labute approximate surface area is 141 Å². The van der Waals surface area contributed by atoms with Crippen molar-refractivity contribution in [1.82, 2.24) is 10.2 Å². The third kappa shape index (κ3) is 5.07. The molecule has 2 aromatic rings. The average molecular weight is 362 g/mol. The van der Waals surface area contributed by atoms with E-state index in [9.17, 15) is 0 Å². The molecular formula is C13H13Cl2N3OS2. The number of benzene rings is 1. The molecule has 1 aromatic heterocycles. The Morgan fingerprint density at radius 3 is 2.81 bits per heavy atom. The van der Waals surface area contributed by atoms with Gasteiger partial charge in [-0.1, -0.05) is 58.4 Å². The number of para-hydroxylation sites is 1. The lowest BCUT2D eigenvalue weighted by Crippen LogP contribution is -2.01. The van der Waals surface area contributed by atoms with Gasteiger partial charge in [0.15, 0.2) is 10.1 Å². The summed E-state index contributed by atoms with van der Waals surface area (Å²) in [5, 5.41) is 13.0. The van der Waals surface area contributed by atoms with Crippen LogP contribution in [-0.2, 0) is 0 Å². The monoisotopic (exact) mass is 361 g/mol. The molecule has 0 aliphatic heterocycles. The van der Waals surface area contributed by atoms with Crippen molar-refractivity contribution in [3.8, 4) is 5.75 Å². The van der Waals surface area contributed by atoms with E-state index in [2.05, 4.69) is 22.1 Å². The zero-order chi connectivity index (χ0) is 15.1. The molecular weight excluding hydrogens is 349 g/mol. The number of nitrogens with zero attached hydrogens (tertiary/aromatic N) is 2. The molecule has 0 atom stereocenters. The summed E-state index contributed by atoms with van der Waals surface area (Å²) >= 11 is 15.1. The average Bonchev–Trinajstić information content (AvgIpc) is 2.91. The SMILES string of the molecule is C=CCNc1nnc(SCCOc2c(Cl)cccc2Cl)s1. The van der Waals surface area contributed by atoms with Gasteiger partial charge >= 0.3 is 0 Å². The molecule has 0 aliphatic carbocycles. The predicted molar refractivity (Wildman–Crippen MR) is 91.3 cm³/mol. The summed E-state index contributed by atoms with van der Waals surface area (Å²) in [7, 11) is 0. The molecule has 4 nitrogen and oxygen atoms in total. The van der Waals surface area contributed by atoms with E-state index >= 15 is 0 Å². The van der Waals surface area contributed by atoms with Crippen LogP contribution in [0.2, 0.25) is 10.0 Å². The third-order valence-corrected chi connectivity index (χ3v) is 4.85. The second kappa shape index (κ2) is 8.48. The highest BCUT2D eigenvalue weighted by atomic mass is 35.5. The molecule has 1 aromatic carbocycles. The molecule has 1 heterocycles. The minimum atomic E-state index is 0.489. The second-order valence-corrected chi connectivity index (χ2v) is 6.92. The van der Waals surface area contributed by atoms with Gasteiger partial charge in [0.1, 0.15) is 0 Å². The van der Waals surface area contributed by atoms with Gasteiger partial charge in [0.2, 0.25) is 5.13 Å². The Morgan fingerprint density at radius 2 is 2.10 bits per heavy atom. The van der Waals surface area contributed by atoms with Crippen LogP contribution < -0.4 is 10.1 Å². The summed E-state index contributed by atoms with van der Waals surface area (Å²) < 4.78 is 6.49. The van der Waals surface area contributed by atoms with Gasteiger partial charge in [-0.3, -0.25) is 0 Å². The number of ether oxygens (including phenoxy) is 1. The van der Waals surface area contributed by atoms with E-state index in [1.54, 1.807) is 36.0 Å². The molecule has 0 fully saturated rings. The molecule has 2 rings (SSSR count). The van der Waals surface area contributed by atoms with E-state index in [1.165, 1.54) is 11.3 Å². The fraction of sp³-hybridized carbons (Fsp3) is 0.231. The van der Waals surface area contributed by atoms with Crippen molar-refractivity contribution >= 4 is 51.4 Å². The van der Waals surface area contributed by atoms with Gasteiger partial charge < -0.3 is 10.1 Å². The minimum Gasteiger partial charge on any atom is -0.490 e. The first kappa shape index (κ1) is 16.4. The molecule has 0 spiro atoms. The van der Waals surface area contributed by atoms with Crippen molar-refractivity contribution < 1.29 is 4.74 Å². The maximum atomic E-state index is 6.02. The highest BCUT2D eigenvalue weighted by Gasteiger charge is 2.07.